The van der Waals surface area contributed by atoms with Gasteiger partial charge in [0, 0.05) is 23.1 Å². The van der Waals surface area contributed by atoms with Crippen LogP contribution in [0.2, 0.25) is 0 Å². The summed E-state index contributed by atoms with van der Waals surface area (Å²) in [5, 5.41) is 0.642. The Labute approximate surface area is 140 Å². The minimum absolute atomic E-state index is 0.145. The average molecular weight is 317 g/mol. The molecular formula is C21H19NO2. The Kier molecular flexibility index (Phi) is 3.20. The number of rotatable bonds is 2. The van der Waals surface area contributed by atoms with Crippen LogP contribution >= 0.6 is 0 Å². The van der Waals surface area contributed by atoms with Gasteiger partial charge in [0.25, 0.3) is 0 Å². The Morgan fingerprint density at radius 3 is 2.38 bits per heavy atom. The molecule has 0 aliphatic heterocycles. The number of hydrogen-bond donors (Lipinski definition) is 0. The van der Waals surface area contributed by atoms with Gasteiger partial charge in [0.15, 0.2) is 5.78 Å². The van der Waals surface area contributed by atoms with Gasteiger partial charge < -0.3 is 4.57 Å². The van der Waals surface area contributed by atoms with Crippen molar-refractivity contribution in [3.63, 3.8) is 0 Å². The Balaban J connectivity index is 2.19. The van der Waals surface area contributed by atoms with E-state index < -0.39 is 0 Å². The molecule has 0 N–H and O–H groups in total. The van der Waals surface area contributed by atoms with Gasteiger partial charge in [0.2, 0.25) is 5.43 Å². The van der Waals surface area contributed by atoms with Crippen molar-refractivity contribution in [3.8, 4) is 11.3 Å². The lowest BCUT2D eigenvalue weighted by Gasteiger charge is -2.16. The number of ketones is 1. The molecule has 24 heavy (non-hydrogen) atoms. The molecule has 0 saturated carbocycles. The number of pyridine rings is 1. The normalized spacial score (nSPS) is 12.8. The number of carbonyl (C=O) groups is 1. The number of aryl methyl sites for hydroxylation is 1. The Hall–Kier alpha value is -2.68. The molecule has 0 fully saturated rings. The smallest absolute Gasteiger partial charge is 0.201 e. The van der Waals surface area contributed by atoms with E-state index in [4.69, 9.17) is 0 Å². The van der Waals surface area contributed by atoms with Gasteiger partial charge in [-0.1, -0.05) is 44.2 Å². The van der Waals surface area contributed by atoms with Gasteiger partial charge in [-0.05, 0) is 30.5 Å². The minimum Gasteiger partial charge on any atom is -0.340 e. The zero-order valence-corrected chi connectivity index (χ0v) is 14.1. The zero-order valence-electron chi connectivity index (χ0n) is 14.1. The van der Waals surface area contributed by atoms with E-state index >= 15 is 0 Å². The summed E-state index contributed by atoms with van der Waals surface area (Å²) < 4.78 is 2.10. The van der Waals surface area contributed by atoms with Crippen molar-refractivity contribution >= 4 is 16.7 Å². The Bertz CT molecular complexity index is 1060. The van der Waals surface area contributed by atoms with Crippen molar-refractivity contribution < 1.29 is 4.79 Å². The summed E-state index contributed by atoms with van der Waals surface area (Å²) in [5.74, 6) is 0.190. The summed E-state index contributed by atoms with van der Waals surface area (Å²) in [6.07, 6.45) is 0. The van der Waals surface area contributed by atoms with Gasteiger partial charge in [-0.3, -0.25) is 9.59 Å². The molecule has 4 rings (SSSR count). The molecule has 3 nitrogen and oxygen atoms in total. The molecule has 0 unspecified atom stereocenters. The maximum Gasteiger partial charge on any atom is 0.201 e. The van der Waals surface area contributed by atoms with Crippen LogP contribution in [-0.4, -0.2) is 10.4 Å². The van der Waals surface area contributed by atoms with E-state index in [9.17, 15) is 9.59 Å². The fourth-order valence-corrected chi connectivity index (χ4v) is 3.67. The largest absolute Gasteiger partial charge is 0.340 e. The number of benzene rings is 2. The van der Waals surface area contributed by atoms with Crippen LogP contribution in [0.3, 0.4) is 0 Å². The van der Waals surface area contributed by atoms with E-state index in [1.807, 2.05) is 37.3 Å². The summed E-state index contributed by atoms with van der Waals surface area (Å²) in [7, 11) is 0. The fraction of sp³-hybridized carbons (Fsp3) is 0.238. The molecule has 3 heteroatoms. The summed E-state index contributed by atoms with van der Waals surface area (Å²) in [5.41, 5.74) is 4.46. The van der Waals surface area contributed by atoms with E-state index in [0.29, 0.717) is 29.0 Å². The lowest BCUT2D eigenvalue weighted by atomic mass is 9.99. The third kappa shape index (κ3) is 1.84. The lowest BCUT2D eigenvalue weighted by Crippen LogP contribution is -2.18. The van der Waals surface area contributed by atoms with E-state index in [2.05, 4.69) is 24.5 Å². The summed E-state index contributed by atoms with van der Waals surface area (Å²) >= 11 is 0. The van der Waals surface area contributed by atoms with Crippen molar-refractivity contribution in [1.82, 2.24) is 4.57 Å². The van der Waals surface area contributed by atoms with Gasteiger partial charge in [-0.15, -0.1) is 0 Å². The van der Waals surface area contributed by atoms with Gasteiger partial charge in [-0.2, -0.15) is 0 Å². The summed E-state index contributed by atoms with van der Waals surface area (Å²) in [4.78, 5) is 25.9. The second-order valence-electron chi connectivity index (χ2n) is 6.60. The Morgan fingerprint density at radius 2 is 1.71 bits per heavy atom. The molecule has 120 valence electrons. The van der Waals surface area contributed by atoms with Crippen LogP contribution in [0.4, 0.5) is 0 Å². The van der Waals surface area contributed by atoms with Crippen LogP contribution in [0.1, 0.15) is 48.2 Å². The number of fused-ring (bicyclic) bond motifs is 4. The lowest BCUT2D eigenvalue weighted by molar-refractivity contribution is 0.104. The van der Waals surface area contributed by atoms with Crippen molar-refractivity contribution in [2.45, 2.75) is 33.2 Å². The van der Waals surface area contributed by atoms with Crippen LogP contribution < -0.4 is 5.43 Å². The molecule has 1 aromatic heterocycles. The predicted octanol–water partition coefficient (Wildman–Crippen LogP) is 4.36. The van der Waals surface area contributed by atoms with Crippen LogP contribution in [0.25, 0.3) is 22.2 Å². The van der Waals surface area contributed by atoms with Gasteiger partial charge >= 0.3 is 0 Å². The SMILES string of the molecule is CCn1c2c(c(=O)c3cc(C(C)C)ccc31)C(=O)c1ccccc1-2. The van der Waals surface area contributed by atoms with Gasteiger partial charge in [0.1, 0.15) is 0 Å². The van der Waals surface area contributed by atoms with E-state index in [-0.39, 0.29) is 11.2 Å². The van der Waals surface area contributed by atoms with Crippen molar-refractivity contribution in [2.75, 3.05) is 0 Å². The highest BCUT2D eigenvalue weighted by Gasteiger charge is 2.32. The highest BCUT2D eigenvalue weighted by molar-refractivity contribution is 6.22. The molecule has 0 spiro atoms. The van der Waals surface area contributed by atoms with Crippen LogP contribution in [0.15, 0.2) is 47.3 Å². The van der Waals surface area contributed by atoms with Gasteiger partial charge in [-0.25, -0.2) is 0 Å². The van der Waals surface area contributed by atoms with Crippen molar-refractivity contribution in [3.05, 3.63) is 69.4 Å². The molecule has 0 saturated heterocycles. The maximum atomic E-state index is 13.1. The molecular weight excluding hydrogens is 298 g/mol. The molecule has 1 heterocycles. The Morgan fingerprint density at radius 1 is 1.00 bits per heavy atom. The molecule has 0 atom stereocenters. The van der Waals surface area contributed by atoms with E-state index in [0.717, 1.165) is 22.3 Å². The van der Waals surface area contributed by atoms with E-state index in [1.54, 1.807) is 6.07 Å². The second-order valence-corrected chi connectivity index (χ2v) is 6.60. The highest BCUT2D eigenvalue weighted by atomic mass is 16.1. The number of carbonyl (C=O) groups excluding carboxylic acids is 1. The molecule has 1 aliphatic rings. The topological polar surface area (TPSA) is 39.1 Å². The predicted molar refractivity (Wildman–Crippen MR) is 96.8 cm³/mol. The molecule has 3 aromatic rings. The second kappa shape index (κ2) is 5.17. The standard InChI is InChI=1S/C21H19NO2/c1-4-22-17-10-9-13(12(2)3)11-16(17)21(24)18-19(22)14-7-5-6-8-15(14)20(18)23/h5-12H,4H2,1-3H3. The summed E-state index contributed by atoms with van der Waals surface area (Å²) in [6.45, 7) is 6.97. The van der Waals surface area contributed by atoms with Gasteiger partial charge in [0.05, 0.1) is 16.8 Å². The first kappa shape index (κ1) is 14.9. The third-order valence-corrected chi connectivity index (χ3v) is 4.93. The quantitative estimate of drug-likeness (QED) is 0.551. The maximum absolute atomic E-state index is 13.1. The average Bonchev–Trinajstić information content (AvgIpc) is 2.89. The van der Waals surface area contributed by atoms with Crippen LogP contribution in [-0.2, 0) is 6.54 Å². The summed E-state index contributed by atoms with van der Waals surface area (Å²) in [6, 6.07) is 13.5. The fourth-order valence-electron chi connectivity index (χ4n) is 3.67. The molecule has 0 amide bonds. The number of hydrogen-bond acceptors (Lipinski definition) is 2. The van der Waals surface area contributed by atoms with Crippen LogP contribution in [0, 0.1) is 0 Å². The monoisotopic (exact) mass is 317 g/mol. The first-order valence-corrected chi connectivity index (χ1v) is 8.39. The van der Waals surface area contributed by atoms with Crippen molar-refractivity contribution in [2.24, 2.45) is 0 Å². The minimum atomic E-state index is -0.148. The first-order chi connectivity index (χ1) is 11.5. The van der Waals surface area contributed by atoms with Crippen LogP contribution in [0.5, 0.6) is 0 Å². The molecule has 0 bridgehead atoms. The first-order valence-electron chi connectivity index (χ1n) is 8.39. The zero-order chi connectivity index (χ0) is 17.0. The highest BCUT2D eigenvalue weighted by Crippen LogP contribution is 2.37. The number of aromatic nitrogens is 1. The van der Waals surface area contributed by atoms with Crippen molar-refractivity contribution in [1.29, 1.82) is 0 Å². The number of nitrogens with zero attached hydrogens (tertiary/aromatic N) is 1. The van der Waals surface area contributed by atoms with E-state index in [1.165, 1.54) is 0 Å². The molecule has 2 aromatic carbocycles. The molecule has 0 radical (unpaired) electrons. The molecule has 1 aliphatic carbocycles. The third-order valence-electron chi connectivity index (χ3n) is 4.93.